The molecular formula is C29H33BrN2O3. The van der Waals surface area contributed by atoms with Gasteiger partial charge in [0.15, 0.2) is 6.61 Å². The number of amides is 2. The number of halogens is 1. The molecule has 1 atom stereocenters. The van der Waals surface area contributed by atoms with Crippen LogP contribution in [0.5, 0.6) is 5.75 Å². The van der Waals surface area contributed by atoms with Crippen molar-refractivity contribution in [1.29, 1.82) is 0 Å². The van der Waals surface area contributed by atoms with E-state index in [9.17, 15) is 9.59 Å². The summed E-state index contributed by atoms with van der Waals surface area (Å²) in [5, 5.41) is 5.30. The van der Waals surface area contributed by atoms with Crippen LogP contribution in [-0.4, -0.2) is 35.4 Å². The first-order chi connectivity index (χ1) is 17.0. The van der Waals surface area contributed by atoms with Crippen LogP contribution in [0.15, 0.2) is 65.1 Å². The molecule has 6 heteroatoms. The second-order valence-electron chi connectivity index (χ2n) is 9.31. The number of rotatable bonds is 9. The molecule has 2 amide bonds. The van der Waals surface area contributed by atoms with E-state index in [4.69, 9.17) is 4.74 Å². The molecule has 35 heavy (non-hydrogen) atoms. The van der Waals surface area contributed by atoms with Gasteiger partial charge in [0, 0.05) is 12.6 Å². The van der Waals surface area contributed by atoms with Crippen molar-refractivity contribution in [2.24, 2.45) is 0 Å². The molecule has 3 aromatic carbocycles. The summed E-state index contributed by atoms with van der Waals surface area (Å²) in [7, 11) is 0. The summed E-state index contributed by atoms with van der Waals surface area (Å²) in [6, 6.07) is 19.6. The fourth-order valence-corrected chi connectivity index (χ4v) is 5.33. The van der Waals surface area contributed by atoms with Gasteiger partial charge in [-0.25, -0.2) is 0 Å². The zero-order chi connectivity index (χ0) is 24.8. The fraction of sp³-hybridized carbons (Fsp3) is 0.379. The van der Waals surface area contributed by atoms with Crippen LogP contribution in [0.3, 0.4) is 0 Å². The van der Waals surface area contributed by atoms with Gasteiger partial charge in [-0.15, -0.1) is 0 Å². The van der Waals surface area contributed by atoms with E-state index in [1.807, 2.05) is 74.5 Å². The maximum absolute atomic E-state index is 13.5. The summed E-state index contributed by atoms with van der Waals surface area (Å²) in [6.45, 7) is 4.20. The largest absolute Gasteiger partial charge is 0.483 e. The maximum Gasteiger partial charge on any atom is 0.261 e. The molecule has 0 saturated heterocycles. The van der Waals surface area contributed by atoms with Gasteiger partial charge in [0.2, 0.25) is 5.91 Å². The third-order valence-electron chi connectivity index (χ3n) is 6.74. The number of hydrogen-bond donors (Lipinski definition) is 1. The number of hydrogen-bond acceptors (Lipinski definition) is 3. The van der Waals surface area contributed by atoms with E-state index in [1.165, 1.54) is 0 Å². The number of aryl methyl sites for hydroxylation is 1. The van der Waals surface area contributed by atoms with Crippen LogP contribution in [0.2, 0.25) is 0 Å². The molecule has 4 rings (SSSR count). The lowest BCUT2D eigenvalue weighted by Crippen LogP contribution is -2.52. The van der Waals surface area contributed by atoms with Gasteiger partial charge in [-0.3, -0.25) is 9.59 Å². The van der Waals surface area contributed by atoms with Crippen LogP contribution in [0.4, 0.5) is 0 Å². The second-order valence-corrected chi connectivity index (χ2v) is 10.1. The SMILES string of the molecule is CC[C@@H](C(=O)NC1CCCC1)N(Cc1ccc(C)cc1)C(=O)COc1ccc2ccccc2c1Br. The Balaban J connectivity index is 1.53. The second kappa shape index (κ2) is 11.7. The Morgan fingerprint density at radius 1 is 1.06 bits per heavy atom. The van der Waals surface area contributed by atoms with Crippen LogP contribution in [-0.2, 0) is 16.1 Å². The van der Waals surface area contributed by atoms with Crippen molar-refractivity contribution in [3.8, 4) is 5.75 Å². The predicted octanol–water partition coefficient (Wildman–Crippen LogP) is 6.16. The number of nitrogens with zero attached hydrogens (tertiary/aromatic N) is 1. The van der Waals surface area contributed by atoms with Crippen LogP contribution in [0, 0.1) is 6.92 Å². The van der Waals surface area contributed by atoms with E-state index in [0.29, 0.717) is 18.7 Å². The topological polar surface area (TPSA) is 58.6 Å². The molecule has 3 aromatic rings. The Kier molecular flexibility index (Phi) is 8.45. The van der Waals surface area contributed by atoms with Gasteiger partial charge >= 0.3 is 0 Å². The highest BCUT2D eigenvalue weighted by molar-refractivity contribution is 9.10. The zero-order valence-corrected chi connectivity index (χ0v) is 22.0. The van der Waals surface area contributed by atoms with E-state index < -0.39 is 6.04 Å². The number of benzene rings is 3. The van der Waals surface area contributed by atoms with E-state index in [-0.39, 0.29) is 24.5 Å². The molecule has 1 N–H and O–H groups in total. The van der Waals surface area contributed by atoms with Crippen LogP contribution < -0.4 is 10.1 Å². The van der Waals surface area contributed by atoms with Gasteiger partial charge < -0.3 is 15.0 Å². The first-order valence-corrected chi connectivity index (χ1v) is 13.2. The molecule has 184 valence electrons. The van der Waals surface area contributed by atoms with Crippen molar-refractivity contribution in [2.45, 2.75) is 64.6 Å². The van der Waals surface area contributed by atoms with Crippen molar-refractivity contribution >= 4 is 38.5 Å². The molecule has 0 unspecified atom stereocenters. The molecule has 1 fully saturated rings. The van der Waals surface area contributed by atoms with Gasteiger partial charge in [0.1, 0.15) is 11.8 Å². The van der Waals surface area contributed by atoms with Gasteiger partial charge in [0.25, 0.3) is 5.91 Å². The monoisotopic (exact) mass is 536 g/mol. The Bertz CT molecular complexity index is 1170. The molecule has 5 nitrogen and oxygen atoms in total. The molecule has 1 saturated carbocycles. The van der Waals surface area contributed by atoms with E-state index >= 15 is 0 Å². The average Bonchev–Trinajstić information content (AvgIpc) is 3.37. The number of nitrogens with one attached hydrogen (secondary N) is 1. The predicted molar refractivity (Wildman–Crippen MR) is 143 cm³/mol. The van der Waals surface area contributed by atoms with Crippen molar-refractivity contribution < 1.29 is 14.3 Å². The smallest absolute Gasteiger partial charge is 0.261 e. The molecule has 1 aliphatic rings. The molecule has 1 aliphatic carbocycles. The lowest BCUT2D eigenvalue weighted by Gasteiger charge is -2.31. The third-order valence-corrected chi connectivity index (χ3v) is 7.56. The molecule has 0 aromatic heterocycles. The highest BCUT2D eigenvalue weighted by Crippen LogP contribution is 2.33. The standard InChI is InChI=1S/C29H33BrN2O3/c1-3-25(29(34)31-23-9-5-6-10-23)32(18-21-14-12-20(2)13-15-21)27(33)19-35-26-17-16-22-8-4-7-11-24(22)28(26)30/h4,7-8,11-17,23,25H,3,5-6,9-10,18-19H2,1-2H3,(H,31,34)/t25-/m0/s1. The minimum absolute atomic E-state index is 0.0771. The Morgan fingerprint density at radius 2 is 1.77 bits per heavy atom. The summed E-state index contributed by atoms with van der Waals surface area (Å²) >= 11 is 3.63. The van der Waals surface area contributed by atoms with Gasteiger partial charge in [-0.1, -0.05) is 79.9 Å². The normalized spacial score (nSPS) is 14.6. The minimum atomic E-state index is -0.548. The van der Waals surface area contributed by atoms with Crippen LogP contribution in [0.1, 0.15) is 50.2 Å². The van der Waals surface area contributed by atoms with Crippen molar-refractivity contribution in [3.05, 3.63) is 76.3 Å². The maximum atomic E-state index is 13.5. The Hall–Kier alpha value is -2.86. The first-order valence-electron chi connectivity index (χ1n) is 12.4. The molecular weight excluding hydrogens is 504 g/mol. The van der Waals surface area contributed by atoms with E-state index in [2.05, 4.69) is 21.2 Å². The quantitative estimate of drug-likeness (QED) is 0.356. The van der Waals surface area contributed by atoms with Gasteiger partial charge in [0.05, 0.1) is 4.47 Å². The summed E-state index contributed by atoms with van der Waals surface area (Å²) in [5.41, 5.74) is 2.14. The molecule has 0 heterocycles. The molecule has 0 radical (unpaired) electrons. The molecule has 0 bridgehead atoms. The average molecular weight is 537 g/mol. The van der Waals surface area contributed by atoms with Crippen molar-refractivity contribution in [2.75, 3.05) is 6.61 Å². The van der Waals surface area contributed by atoms with Crippen LogP contribution in [0.25, 0.3) is 10.8 Å². The van der Waals surface area contributed by atoms with E-state index in [0.717, 1.165) is 52.1 Å². The Labute approximate surface area is 216 Å². The number of carbonyl (C=O) groups excluding carboxylic acids is 2. The van der Waals surface area contributed by atoms with Gasteiger partial charge in [-0.2, -0.15) is 0 Å². The number of fused-ring (bicyclic) bond motifs is 1. The Morgan fingerprint density at radius 3 is 2.49 bits per heavy atom. The van der Waals surface area contributed by atoms with Crippen molar-refractivity contribution in [3.63, 3.8) is 0 Å². The highest BCUT2D eigenvalue weighted by Gasteiger charge is 2.31. The zero-order valence-electron chi connectivity index (χ0n) is 20.4. The lowest BCUT2D eigenvalue weighted by molar-refractivity contribution is -0.143. The minimum Gasteiger partial charge on any atom is -0.483 e. The van der Waals surface area contributed by atoms with E-state index in [1.54, 1.807) is 4.90 Å². The lowest BCUT2D eigenvalue weighted by atomic mass is 10.1. The summed E-state index contributed by atoms with van der Waals surface area (Å²) < 4.78 is 6.80. The number of ether oxygens (including phenoxy) is 1. The van der Waals surface area contributed by atoms with Crippen molar-refractivity contribution in [1.82, 2.24) is 10.2 Å². The highest BCUT2D eigenvalue weighted by atomic mass is 79.9. The summed E-state index contributed by atoms with van der Waals surface area (Å²) in [4.78, 5) is 28.4. The summed E-state index contributed by atoms with van der Waals surface area (Å²) in [6.07, 6.45) is 4.83. The first kappa shape index (κ1) is 25.2. The number of carbonyl (C=O) groups is 2. The van der Waals surface area contributed by atoms with Gasteiger partial charge in [-0.05, 0) is 64.5 Å². The molecule has 0 spiro atoms. The summed E-state index contributed by atoms with van der Waals surface area (Å²) in [5.74, 6) is 0.321. The fourth-order valence-electron chi connectivity index (χ4n) is 4.72. The third kappa shape index (κ3) is 6.23. The molecule has 0 aliphatic heterocycles. The van der Waals surface area contributed by atoms with Crippen LogP contribution >= 0.6 is 15.9 Å².